The Morgan fingerprint density at radius 2 is 2.05 bits per heavy atom. The third kappa shape index (κ3) is 2.78. The van der Waals surface area contributed by atoms with Crippen molar-refractivity contribution in [3.8, 4) is 0 Å². The molecule has 3 amide bonds. The van der Waals surface area contributed by atoms with E-state index in [1.54, 1.807) is 0 Å². The van der Waals surface area contributed by atoms with Crippen LogP contribution in [0.4, 0.5) is 5.13 Å². The van der Waals surface area contributed by atoms with Gasteiger partial charge in [0.25, 0.3) is 0 Å². The number of hydrogen-bond donors (Lipinski definition) is 1. The fourth-order valence-corrected chi connectivity index (χ4v) is 3.17. The summed E-state index contributed by atoms with van der Waals surface area (Å²) >= 11 is 1.37. The Labute approximate surface area is 124 Å². The number of anilines is 1. The first-order valence-corrected chi connectivity index (χ1v) is 7.35. The second kappa shape index (κ2) is 5.25. The van der Waals surface area contributed by atoms with Crippen molar-refractivity contribution in [2.45, 2.75) is 19.8 Å². The number of likely N-dealkylation sites (tertiary alicyclic amines) is 1. The van der Waals surface area contributed by atoms with E-state index in [4.69, 9.17) is 0 Å². The molecule has 108 valence electrons. The second-order valence-corrected chi connectivity index (χ2v) is 5.94. The second-order valence-electron chi connectivity index (χ2n) is 4.91. The number of rotatable bonds is 3. The van der Waals surface area contributed by atoms with Crippen LogP contribution < -0.4 is 5.32 Å². The van der Waals surface area contributed by atoms with Gasteiger partial charge in [0.1, 0.15) is 6.54 Å². The molecule has 3 rings (SSSR count). The smallest absolute Gasteiger partial charge is 0.246 e. The number of benzene rings is 1. The van der Waals surface area contributed by atoms with Crippen LogP contribution >= 0.6 is 11.3 Å². The normalized spacial score (nSPS) is 15.0. The summed E-state index contributed by atoms with van der Waals surface area (Å²) in [5.74, 6) is -1.00. The predicted octanol–water partition coefficient (Wildman–Crippen LogP) is 1.69. The Balaban J connectivity index is 1.71. The van der Waals surface area contributed by atoms with Crippen molar-refractivity contribution < 1.29 is 14.4 Å². The number of thiazole rings is 1. The lowest BCUT2D eigenvalue weighted by atomic mass is 10.2. The maximum Gasteiger partial charge on any atom is 0.246 e. The summed E-state index contributed by atoms with van der Waals surface area (Å²) in [4.78, 5) is 40.1. The first-order chi connectivity index (χ1) is 10.0. The average Bonchev–Trinajstić information content (AvgIpc) is 2.95. The molecule has 0 spiro atoms. The van der Waals surface area contributed by atoms with Gasteiger partial charge in [-0.05, 0) is 24.6 Å². The number of nitrogens with zero attached hydrogens (tertiary/aromatic N) is 2. The van der Waals surface area contributed by atoms with Crippen LogP contribution in [0.1, 0.15) is 18.4 Å². The van der Waals surface area contributed by atoms with Gasteiger partial charge in [0.05, 0.1) is 10.2 Å². The van der Waals surface area contributed by atoms with E-state index < -0.39 is 5.91 Å². The van der Waals surface area contributed by atoms with Crippen LogP contribution in [-0.2, 0) is 14.4 Å². The summed E-state index contributed by atoms with van der Waals surface area (Å²) in [6.45, 7) is 1.74. The Kier molecular flexibility index (Phi) is 3.42. The van der Waals surface area contributed by atoms with E-state index in [0.29, 0.717) is 5.13 Å². The maximum absolute atomic E-state index is 11.9. The molecule has 0 radical (unpaired) electrons. The molecular formula is C14H13N3O3S. The molecule has 7 heteroatoms. The number of nitrogens with one attached hydrogen (secondary N) is 1. The van der Waals surface area contributed by atoms with Gasteiger partial charge >= 0.3 is 0 Å². The molecule has 0 saturated carbocycles. The Morgan fingerprint density at radius 1 is 1.33 bits per heavy atom. The van der Waals surface area contributed by atoms with Gasteiger partial charge in [0.15, 0.2) is 5.13 Å². The van der Waals surface area contributed by atoms with Gasteiger partial charge < -0.3 is 5.32 Å². The van der Waals surface area contributed by atoms with Crippen LogP contribution in [-0.4, -0.2) is 34.2 Å². The first kappa shape index (κ1) is 13.7. The number of amides is 3. The molecule has 1 aliphatic heterocycles. The van der Waals surface area contributed by atoms with E-state index in [9.17, 15) is 14.4 Å². The van der Waals surface area contributed by atoms with Gasteiger partial charge in [-0.25, -0.2) is 4.98 Å². The van der Waals surface area contributed by atoms with E-state index in [1.165, 1.54) is 11.3 Å². The molecule has 1 aromatic carbocycles. The number of carbonyl (C=O) groups excluding carboxylic acids is 3. The van der Waals surface area contributed by atoms with Gasteiger partial charge in [-0.1, -0.05) is 17.4 Å². The minimum Gasteiger partial charge on any atom is -0.300 e. The molecule has 21 heavy (non-hydrogen) atoms. The zero-order chi connectivity index (χ0) is 15.0. The Bertz CT molecular complexity index is 737. The molecule has 0 atom stereocenters. The lowest BCUT2D eigenvalue weighted by Gasteiger charge is -2.12. The average molecular weight is 303 g/mol. The Morgan fingerprint density at radius 3 is 2.76 bits per heavy atom. The molecule has 1 saturated heterocycles. The van der Waals surface area contributed by atoms with Crippen LogP contribution in [0.3, 0.4) is 0 Å². The highest BCUT2D eigenvalue weighted by Gasteiger charge is 2.30. The fraction of sp³-hybridized carbons (Fsp3) is 0.286. The summed E-state index contributed by atoms with van der Waals surface area (Å²) in [5.41, 5.74) is 1.94. The van der Waals surface area contributed by atoms with E-state index in [2.05, 4.69) is 10.3 Å². The van der Waals surface area contributed by atoms with Crippen molar-refractivity contribution in [3.05, 3.63) is 23.8 Å². The monoisotopic (exact) mass is 303 g/mol. The van der Waals surface area contributed by atoms with Gasteiger partial charge in [-0.15, -0.1) is 0 Å². The quantitative estimate of drug-likeness (QED) is 0.875. The first-order valence-electron chi connectivity index (χ1n) is 6.53. The van der Waals surface area contributed by atoms with Crippen molar-refractivity contribution in [2.75, 3.05) is 11.9 Å². The fourth-order valence-electron chi connectivity index (χ4n) is 2.19. The van der Waals surface area contributed by atoms with E-state index in [1.807, 2.05) is 25.1 Å². The van der Waals surface area contributed by atoms with Gasteiger partial charge in [-0.2, -0.15) is 0 Å². The molecule has 0 aliphatic carbocycles. The highest BCUT2D eigenvalue weighted by Crippen LogP contribution is 2.26. The van der Waals surface area contributed by atoms with E-state index in [0.717, 1.165) is 20.7 Å². The summed E-state index contributed by atoms with van der Waals surface area (Å²) < 4.78 is 0.985. The highest BCUT2D eigenvalue weighted by atomic mass is 32.1. The van der Waals surface area contributed by atoms with Crippen molar-refractivity contribution in [1.29, 1.82) is 0 Å². The van der Waals surface area contributed by atoms with Crippen LogP contribution in [0.2, 0.25) is 0 Å². The summed E-state index contributed by atoms with van der Waals surface area (Å²) in [5, 5.41) is 3.11. The molecule has 0 unspecified atom stereocenters. The van der Waals surface area contributed by atoms with Crippen molar-refractivity contribution in [1.82, 2.24) is 9.88 Å². The van der Waals surface area contributed by atoms with Crippen LogP contribution in [0.5, 0.6) is 0 Å². The van der Waals surface area contributed by atoms with Crippen LogP contribution in [0.15, 0.2) is 18.2 Å². The molecule has 2 heterocycles. The molecule has 6 nitrogen and oxygen atoms in total. The van der Waals surface area contributed by atoms with Gasteiger partial charge in [0, 0.05) is 12.8 Å². The molecule has 1 aliphatic rings. The number of aryl methyl sites for hydroxylation is 1. The zero-order valence-corrected chi connectivity index (χ0v) is 12.2. The standard InChI is InChI=1S/C14H13N3O3S/c1-8-2-3-9-10(6-8)21-14(15-9)16-11(18)7-17-12(19)4-5-13(17)20/h2-3,6H,4-5,7H2,1H3,(H,15,16,18). The Hall–Kier alpha value is -2.28. The molecular weight excluding hydrogens is 290 g/mol. The largest absolute Gasteiger partial charge is 0.300 e. The minimum absolute atomic E-state index is 0.187. The zero-order valence-electron chi connectivity index (χ0n) is 11.4. The maximum atomic E-state index is 11.9. The van der Waals surface area contributed by atoms with E-state index >= 15 is 0 Å². The molecule has 0 bridgehead atoms. The predicted molar refractivity (Wildman–Crippen MR) is 78.9 cm³/mol. The number of fused-ring (bicyclic) bond motifs is 1. The minimum atomic E-state index is -0.408. The van der Waals surface area contributed by atoms with Crippen molar-refractivity contribution in [3.63, 3.8) is 0 Å². The van der Waals surface area contributed by atoms with Crippen molar-refractivity contribution in [2.24, 2.45) is 0 Å². The number of carbonyl (C=O) groups is 3. The molecule has 1 N–H and O–H groups in total. The SMILES string of the molecule is Cc1ccc2nc(NC(=O)CN3C(=O)CCC3=O)sc2c1. The number of aromatic nitrogens is 1. The summed E-state index contributed by atoms with van der Waals surface area (Å²) in [6.07, 6.45) is 0.374. The number of imide groups is 1. The third-order valence-corrected chi connectivity index (χ3v) is 4.18. The van der Waals surface area contributed by atoms with Crippen molar-refractivity contribution >= 4 is 44.4 Å². The lowest BCUT2D eigenvalue weighted by Crippen LogP contribution is -2.36. The van der Waals surface area contributed by atoms with E-state index in [-0.39, 0.29) is 31.2 Å². The molecule has 2 aromatic rings. The summed E-state index contributed by atoms with van der Waals surface area (Å²) in [7, 11) is 0. The number of hydrogen-bond acceptors (Lipinski definition) is 5. The highest BCUT2D eigenvalue weighted by molar-refractivity contribution is 7.22. The van der Waals surface area contributed by atoms with Gasteiger partial charge in [-0.3, -0.25) is 19.3 Å². The summed E-state index contributed by atoms with van der Waals surface area (Å²) in [6, 6.07) is 5.84. The lowest BCUT2D eigenvalue weighted by molar-refractivity contribution is -0.141. The van der Waals surface area contributed by atoms with Gasteiger partial charge in [0.2, 0.25) is 17.7 Å². The van der Waals surface area contributed by atoms with Crippen LogP contribution in [0, 0.1) is 6.92 Å². The molecule has 1 fully saturated rings. The topological polar surface area (TPSA) is 79.4 Å². The molecule has 1 aromatic heterocycles. The third-order valence-electron chi connectivity index (χ3n) is 3.25. The van der Waals surface area contributed by atoms with Crippen LogP contribution in [0.25, 0.3) is 10.2 Å².